The van der Waals surface area contributed by atoms with Crippen molar-refractivity contribution in [2.75, 3.05) is 24.0 Å². The fourth-order valence-corrected chi connectivity index (χ4v) is 3.14. The number of rotatable bonds is 10. The average Bonchev–Trinajstić information content (AvgIpc) is 3.13. The van der Waals surface area contributed by atoms with Gasteiger partial charge in [-0.15, -0.1) is 0 Å². The predicted molar refractivity (Wildman–Crippen MR) is 123 cm³/mol. The number of benzene rings is 2. The van der Waals surface area contributed by atoms with Crippen LogP contribution in [0.15, 0.2) is 42.5 Å². The molecule has 0 unspecified atom stereocenters. The standard InChI is InChI=1S/C22H27N5O3S/c1-4-20-25-26-22(31)27(20)23-13-16-8-11-18(19(12-16)29-5-2)30-14-21(28)24-17-9-6-15(3)7-10-17/h6-12,23H,4-5,13-14H2,1-3H3,(H,24,28)(H,26,31). The quantitative estimate of drug-likeness (QED) is 0.412. The van der Waals surface area contributed by atoms with Gasteiger partial charge in [0.2, 0.25) is 4.77 Å². The average molecular weight is 442 g/mol. The Morgan fingerprint density at radius 3 is 2.61 bits per heavy atom. The topological polar surface area (TPSA) is 93.2 Å². The molecule has 0 aliphatic carbocycles. The fourth-order valence-electron chi connectivity index (χ4n) is 2.93. The van der Waals surface area contributed by atoms with E-state index in [2.05, 4.69) is 20.9 Å². The van der Waals surface area contributed by atoms with Crippen LogP contribution in [0.5, 0.6) is 11.5 Å². The summed E-state index contributed by atoms with van der Waals surface area (Å²) in [5.41, 5.74) is 6.10. The van der Waals surface area contributed by atoms with E-state index in [1.54, 1.807) is 10.7 Å². The lowest BCUT2D eigenvalue weighted by Crippen LogP contribution is -2.20. The minimum Gasteiger partial charge on any atom is -0.490 e. The van der Waals surface area contributed by atoms with Crippen molar-refractivity contribution in [1.29, 1.82) is 0 Å². The van der Waals surface area contributed by atoms with Gasteiger partial charge in [-0.3, -0.25) is 9.89 Å². The van der Waals surface area contributed by atoms with Crippen molar-refractivity contribution in [2.24, 2.45) is 0 Å². The van der Waals surface area contributed by atoms with Crippen LogP contribution in [0.4, 0.5) is 5.69 Å². The van der Waals surface area contributed by atoms with Gasteiger partial charge in [-0.05, 0) is 55.9 Å². The van der Waals surface area contributed by atoms with Crippen molar-refractivity contribution in [1.82, 2.24) is 14.9 Å². The molecule has 0 aliphatic heterocycles. The van der Waals surface area contributed by atoms with Crippen LogP contribution in [-0.4, -0.2) is 34.0 Å². The fraction of sp³-hybridized carbons (Fsp3) is 0.318. The number of nitrogens with one attached hydrogen (secondary N) is 3. The number of aromatic nitrogens is 3. The smallest absolute Gasteiger partial charge is 0.262 e. The van der Waals surface area contributed by atoms with Gasteiger partial charge in [0, 0.05) is 12.1 Å². The highest BCUT2D eigenvalue weighted by Gasteiger charge is 2.11. The summed E-state index contributed by atoms with van der Waals surface area (Å²) in [6.45, 7) is 6.80. The van der Waals surface area contributed by atoms with E-state index in [1.165, 1.54) is 0 Å². The summed E-state index contributed by atoms with van der Waals surface area (Å²) < 4.78 is 13.7. The summed E-state index contributed by atoms with van der Waals surface area (Å²) in [4.78, 5) is 12.2. The number of hydrogen-bond donors (Lipinski definition) is 3. The molecule has 164 valence electrons. The normalized spacial score (nSPS) is 10.5. The van der Waals surface area contributed by atoms with Crippen LogP contribution in [0.3, 0.4) is 0 Å². The monoisotopic (exact) mass is 441 g/mol. The maximum atomic E-state index is 12.2. The van der Waals surface area contributed by atoms with Gasteiger partial charge in [0.05, 0.1) is 13.2 Å². The Morgan fingerprint density at radius 1 is 1.13 bits per heavy atom. The minimum atomic E-state index is -0.238. The predicted octanol–water partition coefficient (Wildman–Crippen LogP) is 3.97. The van der Waals surface area contributed by atoms with Gasteiger partial charge >= 0.3 is 0 Å². The van der Waals surface area contributed by atoms with Crippen LogP contribution in [0.25, 0.3) is 0 Å². The summed E-state index contributed by atoms with van der Waals surface area (Å²) >= 11 is 5.25. The van der Waals surface area contributed by atoms with Crippen molar-refractivity contribution < 1.29 is 14.3 Å². The molecule has 1 amide bonds. The number of anilines is 1. The molecule has 1 aromatic heterocycles. The molecule has 0 atom stereocenters. The Bertz CT molecular complexity index is 1080. The third-order valence-electron chi connectivity index (χ3n) is 4.50. The van der Waals surface area contributed by atoms with Gasteiger partial charge in [0.25, 0.3) is 5.91 Å². The van der Waals surface area contributed by atoms with Crippen molar-refractivity contribution in [3.8, 4) is 11.5 Å². The molecule has 3 N–H and O–H groups in total. The number of H-pyrrole nitrogens is 1. The van der Waals surface area contributed by atoms with Gasteiger partial charge in [0.1, 0.15) is 0 Å². The highest BCUT2D eigenvalue weighted by molar-refractivity contribution is 7.71. The molecule has 0 aliphatic rings. The van der Waals surface area contributed by atoms with Crippen LogP contribution >= 0.6 is 12.2 Å². The Morgan fingerprint density at radius 2 is 1.90 bits per heavy atom. The van der Waals surface area contributed by atoms with Gasteiger partial charge in [-0.1, -0.05) is 30.7 Å². The summed E-state index contributed by atoms with van der Waals surface area (Å²) in [5.74, 6) is 1.68. The Balaban J connectivity index is 1.62. The second-order valence-corrected chi connectivity index (χ2v) is 7.27. The number of carbonyl (C=O) groups is 1. The van der Waals surface area contributed by atoms with E-state index < -0.39 is 0 Å². The lowest BCUT2D eigenvalue weighted by Gasteiger charge is -2.14. The molecule has 2 aromatic carbocycles. The number of aryl methyl sites for hydroxylation is 2. The van der Waals surface area contributed by atoms with Crippen molar-refractivity contribution in [3.05, 3.63) is 64.2 Å². The molecule has 9 heteroatoms. The maximum Gasteiger partial charge on any atom is 0.262 e. The van der Waals surface area contributed by atoms with Gasteiger partial charge in [-0.25, -0.2) is 4.68 Å². The first-order valence-electron chi connectivity index (χ1n) is 10.1. The SMILES string of the molecule is CCOc1cc(CNn2c(CC)n[nH]c2=S)ccc1OCC(=O)Nc1ccc(C)cc1. The second kappa shape index (κ2) is 10.6. The van der Waals surface area contributed by atoms with Crippen LogP contribution in [0.1, 0.15) is 30.8 Å². The third-order valence-corrected chi connectivity index (χ3v) is 4.78. The van der Waals surface area contributed by atoms with Crippen molar-refractivity contribution >= 4 is 23.8 Å². The number of hydrogen-bond acceptors (Lipinski definition) is 6. The summed E-state index contributed by atoms with van der Waals surface area (Å²) in [6, 6.07) is 13.2. The summed E-state index contributed by atoms with van der Waals surface area (Å²) in [5, 5.41) is 9.78. The first-order valence-corrected chi connectivity index (χ1v) is 10.6. The van der Waals surface area contributed by atoms with Crippen LogP contribution < -0.4 is 20.2 Å². The zero-order chi connectivity index (χ0) is 22.2. The lowest BCUT2D eigenvalue weighted by molar-refractivity contribution is -0.118. The molecular weight excluding hydrogens is 414 g/mol. The molecule has 31 heavy (non-hydrogen) atoms. The van der Waals surface area contributed by atoms with Crippen molar-refractivity contribution in [3.63, 3.8) is 0 Å². The van der Waals surface area contributed by atoms with Gasteiger partial charge in [0.15, 0.2) is 23.9 Å². The number of aromatic amines is 1. The minimum absolute atomic E-state index is 0.115. The molecule has 0 radical (unpaired) electrons. The molecule has 3 rings (SSSR count). The number of amides is 1. The highest BCUT2D eigenvalue weighted by Crippen LogP contribution is 2.28. The van der Waals surface area contributed by atoms with Crippen LogP contribution in [-0.2, 0) is 17.8 Å². The van der Waals surface area contributed by atoms with Crippen molar-refractivity contribution in [2.45, 2.75) is 33.7 Å². The zero-order valence-electron chi connectivity index (χ0n) is 17.9. The maximum absolute atomic E-state index is 12.2. The number of ether oxygens (including phenoxy) is 2. The van der Waals surface area contributed by atoms with Crippen LogP contribution in [0, 0.1) is 11.7 Å². The highest BCUT2D eigenvalue weighted by atomic mass is 32.1. The number of nitrogens with zero attached hydrogens (tertiary/aromatic N) is 2. The van der Waals surface area contributed by atoms with Gasteiger partial charge in [-0.2, -0.15) is 5.10 Å². The zero-order valence-corrected chi connectivity index (χ0v) is 18.7. The molecule has 0 saturated heterocycles. The Hall–Kier alpha value is -3.33. The van der Waals surface area contributed by atoms with E-state index in [0.29, 0.717) is 29.4 Å². The molecule has 3 aromatic rings. The van der Waals surface area contributed by atoms with E-state index in [4.69, 9.17) is 21.7 Å². The first-order chi connectivity index (χ1) is 15.0. The molecule has 0 saturated carbocycles. The van der Waals surface area contributed by atoms with E-state index in [-0.39, 0.29) is 12.5 Å². The first kappa shape index (κ1) is 22.4. The van der Waals surface area contributed by atoms with Crippen LogP contribution in [0.2, 0.25) is 0 Å². The molecule has 1 heterocycles. The summed E-state index contributed by atoms with van der Waals surface area (Å²) in [6.07, 6.45) is 0.752. The number of carbonyl (C=O) groups excluding carboxylic acids is 1. The molecule has 0 spiro atoms. The summed E-state index contributed by atoms with van der Waals surface area (Å²) in [7, 11) is 0. The Labute approximate surface area is 186 Å². The van der Waals surface area contributed by atoms with E-state index in [1.807, 2.05) is 57.2 Å². The molecular formula is C22H27N5O3S. The van der Waals surface area contributed by atoms with E-state index in [9.17, 15) is 4.79 Å². The molecule has 8 nitrogen and oxygen atoms in total. The molecule has 0 fully saturated rings. The Kier molecular flexibility index (Phi) is 7.66. The molecule has 0 bridgehead atoms. The largest absolute Gasteiger partial charge is 0.490 e. The van der Waals surface area contributed by atoms with Gasteiger partial charge < -0.3 is 20.2 Å². The van der Waals surface area contributed by atoms with E-state index >= 15 is 0 Å². The second-order valence-electron chi connectivity index (χ2n) is 6.89. The van der Waals surface area contributed by atoms with E-state index in [0.717, 1.165) is 29.1 Å². The third kappa shape index (κ3) is 6.08. The lowest BCUT2D eigenvalue weighted by atomic mass is 10.2.